The van der Waals surface area contributed by atoms with E-state index in [1.54, 1.807) is 0 Å². The Morgan fingerprint density at radius 3 is 1.89 bits per heavy atom. The molecule has 0 heterocycles. The number of unbranched alkanes of at least 4 members (excludes halogenated alkanes) is 2. The minimum absolute atomic E-state index is 0.372. The Balaban J connectivity index is 1.73. The van der Waals surface area contributed by atoms with Gasteiger partial charge in [-0.05, 0) is 63.8 Å². The van der Waals surface area contributed by atoms with Crippen LogP contribution in [0.15, 0.2) is 134 Å². The lowest BCUT2D eigenvalue weighted by atomic mass is 9.63. The Morgan fingerprint density at radius 2 is 1.30 bits per heavy atom. The standard InChI is InChI=1S/C37H36/c1-3-5-6-8-16-29(15-4-2)30-25-27-34(28-26-30)37(33-19-9-7-10-20-33)35-21-13-11-17-31(35)23-24-32-18-12-14-22-36(32)37/h4,7-22,25-28H,2-3,5-6,23-24H2,1H3/b16-8-,29-15+. The molecule has 5 rings (SSSR count). The normalized spacial score (nSPS) is 14.6. The van der Waals surface area contributed by atoms with Crippen molar-refractivity contribution in [1.82, 2.24) is 0 Å². The summed E-state index contributed by atoms with van der Waals surface area (Å²) in [7, 11) is 0. The van der Waals surface area contributed by atoms with Gasteiger partial charge in [0.1, 0.15) is 0 Å². The zero-order chi connectivity index (χ0) is 25.5. The van der Waals surface area contributed by atoms with Gasteiger partial charge >= 0.3 is 0 Å². The van der Waals surface area contributed by atoms with E-state index in [-0.39, 0.29) is 5.41 Å². The first-order valence-corrected chi connectivity index (χ1v) is 13.6. The molecule has 1 aliphatic rings. The molecular formula is C37H36. The van der Waals surface area contributed by atoms with E-state index in [9.17, 15) is 0 Å². The third-order valence-electron chi connectivity index (χ3n) is 7.68. The van der Waals surface area contributed by atoms with Gasteiger partial charge in [-0.3, -0.25) is 0 Å². The molecule has 0 fully saturated rings. The van der Waals surface area contributed by atoms with Crippen molar-refractivity contribution in [2.24, 2.45) is 0 Å². The van der Waals surface area contributed by atoms with Gasteiger partial charge in [0.25, 0.3) is 0 Å². The molecule has 1 aliphatic carbocycles. The quantitative estimate of drug-likeness (QED) is 0.174. The molecule has 0 unspecified atom stereocenters. The predicted molar refractivity (Wildman–Crippen MR) is 159 cm³/mol. The molecular weight excluding hydrogens is 444 g/mol. The number of hydrogen-bond donors (Lipinski definition) is 0. The van der Waals surface area contributed by atoms with Gasteiger partial charge in [-0.1, -0.05) is 154 Å². The van der Waals surface area contributed by atoms with Gasteiger partial charge in [0.2, 0.25) is 0 Å². The van der Waals surface area contributed by atoms with Crippen molar-refractivity contribution < 1.29 is 0 Å². The molecule has 0 amide bonds. The fourth-order valence-electron chi connectivity index (χ4n) is 5.92. The summed E-state index contributed by atoms with van der Waals surface area (Å²) in [4.78, 5) is 0. The van der Waals surface area contributed by atoms with Crippen molar-refractivity contribution in [3.63, 3.8) is 0 Å². The van der Waals surface area contributed by atoms with Crippen LogP contribution in [-0.4, -0.2) is 0 Å². The lowest BCUT2D eigenvalue weighted by molar-refractivity contribution is 0.739. The summed E-state index contributed by atoms with van der Waals surface area (Å²) < 4.78 is 0. The molecule has 0 nitrogen and oxygen atoms in total. The molecule has 4 aromatic carbocycles. The third kappa shape index (κ3) is 4.77. The van der Waals surface area contributed by atoms with E-state index in [1.165, 1.54) is 57.4 Å². The number of hydrogen-bond acceptors (Lipinski definition) is 0. The maximum Gasteiger partial charge on any atom is 0.0706 e. The Hall–Kier alpha value is -3.90. The van der Waals surface area contributed by atoms with Gasteiger partial charge in [-0.2, -0.15) is 0 Å². The molecule has 4 aromatic rings. The van der Waals surface area contributed by atoms with E-state index in [4.69, 9.17) is 0 Å². The van der Waals surface area contributed by atoms with Gasteiger partial charge in [-0.15, -0.1) is 0 Å². The van der Waals surface area contributed by atoms with Crippen molar-refractivity contribution in [3.8, 4) is 0 Å². The smallest absolute Gasteiger partial charge is 0.0706 e. The average molecular weight is 481 g/mol. The Bertz CT molecular complexity index is 1350. The number of benzene rings is 4. The van der Waals surface area contributed by atoms with Crippen LogP contribution in [0.25, 0.3) is 5.57 Å². The van der Waals surface area contributed by atoms with Gasteiger partial charge in [0.15, 0.2) is 0 Å². The molecule has 0 saturated heterocycles. The van der Waals surface area contributed by atoms with E-state index in [2.05, 4.69) is 135 Å². The molecule has 0 atom stereocenters. The summed E-state index contributed by atoms with van der Waals surface area (Å²) in [5.74, 6) is 0. The Labute approximate surface area is 222 Å². The van der Waals surface area contributed by atoms with Crippen LogP contribution in [0.4, 0.5) is 0 Å². The Kier molecular flexibility index (Phi) is 7.66. The summed E-state index contributed by atoms with van der Waals surface area (Å²) in [5.41, 5.74) is 10.3. The molecule has 37 heavy (non-hydrogen) atoms. The zero-order valence-electron chi connectivity index (χ0n) is 21.9. The van der Waals surface area contributed by atoms with Crippen molar-refractivity contribution in [2.75, 3.05) is 0 Å². The Morgan fingerprint density at radius 1 is 0.730 bits per heavy atom. The fourth-order valence-corrected chi connectivity index (χ4v) is 5.92. The second-order valence-electron chi connectivity index (χ2n) is 9.91. The van der Waals surface area contributed by atoms with Crippen LogP contribution in [0.5, 0.6) is 0 Å². The number of aryl methyl sites for hydroxylation is 2. The van der Waals surface area contributed by atoms with Crippen LogP contribution >= 0.6 is 0 Å². The minimum atomic E-state index is -0.372. The summed E-state index contributed by atoms with van der Waals surface area (Å²) in [6, 6.07) is 38.4. The van der Waals surface area contributed by atoms with E-state index in [1.807, 2.05) is 6.08 Å². The second kappa shape index (κ2) is 11.4. The second-order valence-corrected chi connectivity index (χ2v) is 9.91. The summed E-state index contributed by atoms with van der Waals surface area (Å²) in [5, 5.41) is 0. The molecule has 0 radical (unpaired) electrons. The van der Waals surface area contributed by atoms with Crippen molar-refractivity contribution in [1.29, 1.82) is 0 Å². The monoisotopic (exact) mass is 480 g/mol. The molecule has 0 heteroatoms. The largest absolute Gasteiger partial charge is 0.0990 e. The summed E-state index contributed by atoms with van der Waals surface area (Å²) in [6.07, 6.45) is 14.2. The lowest BCUT2D eigenvalue weighted by Crippen LogP contribution is -2.32. The molecule has 0 bridgehead atoms. The maximum atomic E-state index is 3.96. The van der Waals surface area contributed by atoms with E-state index >= 15 is 0 Å². The average Bonchev–Trinajstić information content (AvgIpc) is 3.11. The van der Waals surface area contributed by atoms with Gasteiger partial charge in [0, 0.05) is 0 Å². The van der Waals surface area contributed by atoms with Crippen molar-refractivity contribution in [3.05, 3.63) is 173 Å². The maximum absolute atomic E-state index is 3.96. The number of rotatable bonds is 8. The number of allylic oxidation sites excluding steroid dienone is 5. The van der Waals surface area contributed by atoms with Crippen LogP contribution < -0.4 is 0 Å². The van der Waals surface area contributed by atoms with Gasteiger partial charge in [0.05, 0.1) is 5.41 Å². The van der Waals surface area contributed by atoms with Gasteiger partial charge in [-0.25, -0.2) is 0 Å². The fraction of sp³-hybridized carbons (Fsp3) is 0.189. The first kappa shape index (κ1) is 24.8. The van der Waals surface area contributed by atoms with E-state index in [0.29, 0.717) is 0 Å². The van der Waals surface area contributed by atoms with Crippen LogP contribution in [0.1, 0.15) is 65.1 Å². The first-order valence-electron chi connectivity index (χ1n) is 13.6. The van der Waals surface area contributed by atoms with Crippen molar-refractivity contribution >= 4 is 5.57 Å². The highest BCUT2D eigenvalue weighted by molar-refractivity contribution is 5.76. The SMILES string of the molecule is C=C/C=C(\C=C/CCCC)c1ccc(C2(c3ccccc3)c3ccccc3CCc3ccccc32)cc1. The highest BCUT2D eigenvalue weighted by Gasteiger charge is 2.42. The highest BCUT2D eigenvalue weighted by atomic mass is 14.4. The molecule has 0 aliphatic heterocycles. The first-order chi connectivity index (χ1) is 18.3. The topological polar surface area (TPSA) is 0 Å². The lowest BCUT2D eigenvalue weighted by Gasteiger charge is -2.38. The van der Waals surface area contributed by atoms with Crippen molar-refractivity contribution in [2.45, 2.75) is 44.4 Å². The van der Waals surface area contributed by atoms with E-state index < -0.39 is 0 Å². The van der Waals surface area contributed by atoms with Crippen LogP contribution in [-0.2, 0) is 18.3 Å². The number of fused-ring (bicyclic) bond motifs is 2. The highest BCUT2D eigenvalue weighted by Crippen LogP contribution is 2.49. The van der Waals surface area contributed by atoms with Crippen LogP contribution in [0.2, 0.25) is 0 Å². The summed E-state index contributed by atoms with van der Waals surface area (Å²) >= 11 is 0. The third-order valence-corrected chi connectivity index (χ3v) is 7.68. The molecule has 0 spiro atoms. The minimum Gasteiger partial charge on any atom is -0.0990 e. The van der Waals surface area contributed by atoms with Crippen LogP contribution in [0, 0.1) is 0 Å². The molecule has 0 saturated carbocycles. The van der Waals surface area contributed by atoms with Gasteiger partial charge < -0.3 is 0 Å². The molecule has 0 N–H and O–H groups in total. The molecule has 184 valence electrons. The van der Waals surface area contributed by atoms with E-state index in [0.717, 1.165) is 19.3 Å². The van der Waals surface area contributed by atoms with Crippen LogP contribution in [0.3, 0.4) is 0 Å². The molecule has 0 aromatic heterocycles. The predicted octanol–water partition coefficient (Wildman–Crippen LogP) is 9.48. The zero-order valence-corrected chi connectivity index (χ0v) is 21.9. The summed E-state index contributed by atoms with van der Waals surface area (Å²) in [6.45, 7) is 6.20.